The van der Waals surface area contributed by atoms with Gasteiger partial charge in [-0.25, -0.2) is 0 Å². The lowest BCUT2D eigenvalue weighted by Crippen LogP contribution is -2.48. The number of hydrogen-bond acceptors (Lipinski definition) is 3. The van der Waals surface area contributed by atoms with Gasteiger partial charge in [0.2, 0.25) is 5.91 Å². The van der Waals surface area contributed by atoms with E-state index in [-0.39, 0.29) is 54.1 Å². The highest BCUT2D eigenvalue weighted by Crippen LogP contribution is 2.24. The average Bonchev–Trinajstić information content (AvgIpc) is 2.49. The van der Waals surface area contributed by atoms with Crippen molar-refractivity contribution in [3.8, 4) is 0 Å². The van der Waals surface area contributed by atoms with Crippen molar-refractivity contribution in [2.75, 3.05) is 20.6 Å². The molecule has 3 N–H and O–H groups in total. The molecule has 146 valence electrons. The van der Waals surface area contributed by atoms with Crippen LogP contribution in [0.5, 0.6) is 0 Å². The van der Waals surface area contributed by atoms with Crippen LogP contribution in [0.15, 0.2) is 30.3 Å². The van der Waals surface area contributed by atoms with Crippen LogP contribution >= 0.6 is 24.8 Å². The van der Waals surface area contributed by atoms with Crippen LogP contribution in [-0.2, 0) is 4.79 Å². The highest BCUT2D eigenvalue weighted by atomic mass is 35.5. The standard InChI is InChI=1S/C19H33N3O.2ClH/c1-14(17(20)15-10-8-7-9-11-15)18(23)21-16(19(2,3)4)12-13-22(5)6;;/h7-11,14,16-17H,12-13,20H2,1-6H3,(H,21,23);2*1H. The number of carbonyl (C=O) groups excluding carboxylic acids is 1. The quantitative estimate of drug-likeness (QED) is 0.745. The Hall–Kier alpha value is -0.810. The molecule has 0 radical (unpaired) electrons. The molecule has 1 amide bonds. The molecule has 3 unspecified atom stereocenters. The molecule has 1 aromatic carbocycles. The van der Waals surface area contributed by atoms with Gasteiger partial charge in [-0.2, -0.15) is 0 Å². The van der Waals surface area contributed by atoms with E-state index in [1.165, 1.54) is 0 Å². The summed E-state index contributed by atoms with van der Waals surface area (Å²) in [5, 5.41) is 3.22. The third kappa shape index (κ3) is 8.91. The molecule has 0 fully saturated rings. The number of carbonyl (C=O) groups is 1. The van der Waals surface area contributed by atoms with Crippen molar-refractivity contribution >= 4 is 30.7 Å². The van der Waals surface area contributed by atoms with Crippen molar-refractivity contribution in [1.29, 1.82) is 0 Å². The van der Waals surface area contributed by atoms with E-state index in [0.29, 0.717) is 0 Å². The summed E-state index contributed by atoms with van der Waals surface area (Å²) in [4.78, 5) is 14.8. The number of nitrogens with one attached hydrogen (secondary N) is 1. The van der Waals surface area contributed by atoms with Gasteiger partial charge in [0.05, 0.1) is 5.92 Å². The molecule has 0 heterocycles. The smallest absolute Gasteiger partial charge is 0.224 e. The minimum Gasteiger partial charge on any atom is -0.353 e. The van der Waals surface area contributed by atoms with Gasteiger partial charge in [-0.05, 0) is 38.0 Å². The SMILES string of the molecule is CC(C(=O)NC(CCN(C)C)C(C)(C)C)C(N)c1ccccc1.Cl.Cl. The van der Waals surface area contributed by atoms with Crippen molar-refractivity contribution in [1.82, 2.24) is 10.2 Å². The number of halogens is 2. The number of amides is 1. The van der Waals surface area contributed by atoms with E-state index in [1.807, 2.05) is 37.3 Å². The fourth-order valence-corrected chi connectivity index (χ4v) is 2.54. The molecule has 0 aromatic heterocycles. The van der Waals surface area contributed by atoms with Crippen molar-refractivity contribution in [3.63, 3.8) is 0 Å². The van der Waals surface area contributed by atoms with Crippen molar-refractivity contribution in [2.45, 2.75) is 46.2 Å². The van der Waals surface area contributed by atoms with Gasteiger partial charge in [-0.3, -0.25) is 4.79 Å². The van der Waals surface area contributed by atoms with Crippen molar-refractivity contribution in [2.24, 2.45) is 17.1 Å². The summed E-state index contributed by atoms with van der Waals surface area (Å²) in [6.45, 7) is 9.33. The first-order valence-corrected chi connectivity index (χ1v) is 8.38. The molecule has 0 aliphatic heterocycles. The van der Waals surface area contributed by atoms with E-state index >= 15 is 0 Å². The fraction of sp³-hybridized carbons (Fsp3) is 0.632. The Bertz CT molecular complexity index is 489. The van der Waals surface area contributed by atoms with E-state index in [4.69, 9.17) is 5.73 Å². The molecule has 0 aliphatic rings. The summed E-state index contributed by atoms with van der Waals surface area (Å²) in [7, 11) is 4.10. The second-order valence-electron chi connectivity index (χ2n) is 7.74. The zero-order valence-electron chi connectivity index (χ0n) is 16.3. The number of rotatable bonds is 7. The minimum atomic E-state index is -0.286. The van der Waals surface area contributed by atoms with Crippen LogP contribution < -0.4 is 11.1 Å². The monoisotopic (exact) mass is 391 g/mol. The highest BCUT2D eigenvalue weighted by Gasteiger charge is 2.29. The molecule has 0 bridgehead atoms. The molecular weight excluding hydrogens is 357 g/mol. The summed E-state index contributed by atoms with van der Waals surface area (Å²) >= 11 is 0. The molecule has 0 aliphatic carbocycles. The Morgan fingerprint density at radius 1 is 1.16 bits per heavy atom. The second-order valence-corrected chi connectivity index (χ2v) is 7.74. The Balaban J connectivity index is 0. The minimum absolute atomic E-state index is 0. The predicted octanol–water partition coefficient (Wildman–Crippen LogP) is 3.65. The summed E-state index contributed by atoms with van der Waals surface area (Å²) < 4.78 is 0. The number of hydrogen-bond donors (Lipinski definition) is 2. The zero-order chi connectivity index (χ0) is 17.6. The Labute approximate surface area is 165 Å². The van der Waals surface area contributed by atoms with Gasteiger partial charge in [0.15, 0.2) is 0 Å². The molecule has 6 heteroatoms. The Morgan fingerprint density at radius 2 is 1.68 bits per heavy atom. The lowest BCUT2D eigenvalue weighted by molar-refractivity contribution is -0.126. The third-order valence-electron chi connectivity index (χ3n) is 4.36. The van der Waals surface area contributed by atoms with Crippen molar-refractivity contribution < 1.29 is 4.79 Å². The molecular formula is C19H35Cl2N3O. The molecule has 25 heavy (non-hydrogen) atoms. The van der Waals surface area contributed by atoms with Gasteiger partial charge in [0, 0.05) is 12.1 Å². The van der Waals surface area contributed by atoms with Gasteiger partial charge in [0.1, 0.15) is 0 Å². The topological polar surface area (TPSA) is 58.4 Å². The van der Waals surface area contributed by atoms with E-state index in [2.05, 4.69) is 45.1 Å². The lowest BCUT2D eigenvalue weighted by atomic mass is 9.84. The first-order chi connectivity index (χ1) is 10.6. The maximum Gasteiger partial charge on any atom is 0.224 e. The average molecular weight is 392 g/mol. The largest absolute Gasteiger partial charge is 0.353 e. The van der Waals surface area contributed by atoms with Crippen LogP contribution in [0.25, 0.3) is 0 Å². The van der Waals surface area contributed by atoms with E-state index in [9.17, 15) is 4.79 Å². The Morgan fingerprint density at radius 3 is 2.12 bits per heavy atom. The molecule has 1 aromatic rings. The Kier molecular flexibility index (Phi) is 12.4. The highest BCUT2D eigenvalue weighted by molar-refractivity contribution is 5.85. The maximum atomic E-state index is 12.7. The molecule has 1 rings (SSSR count). The first-order valence-electron chi connectivity index (χ1n) is 8.38. The van der Waals surface area contributed by atoms with Crippen LogP contribution in [0.4, 0.5) is 0 Å². The van der Waals surface area contributed by atoms with Crippen LogP contribution in [0.2, 0.25) is 0 Å². The molecule has 3 atom stereocenters. The number of nitrogens with zero attached hydrogens (tertiary/aromatic N) is 1. The van der Waals surface area contributed by atoms with Crippen LogP contribution in [-0.4, -0.2) is 37.5 Å². The van der Waals surface area contributed by atoms with Crippen molar-refractivity contribution in [3.05, 3.63) is 35.9 Å². The predicted molar refractivity (Wildman–Crippen MR) is 112 cm³/mol. The van der Waals surface area contributed by atoms with Gasteiger partial charge in [-0.15, -0.1) is 24.8 Å². The van der Waals surface area contributed by atoms with E-state index in [1.54, 1.807) is 0 Å². The van der Waals surface area contributed by atoms with E-state index < -0.39 is 0 Å². The van der Waals surface area contributed by atoms with Crippen LogP contribution in [0, 0.1) is 11.3 Å². The molecule has 4 nitrogen and oxygen atoms in total. The van der Waals surface area contributed by atoms with Crippen LogP contribution in [0.3, 0.4) is 0 Å². The lowest BCUT2D eigenvalue weighted by Gasteiger charge is -2.34. The summed E-state index contributed by atoms with van der Waals surface area (Å²) in [5.41, 5.74) is 7.29. The molecule has 0 saturated heterocycles. The summed E-state index contributed by atoms with van der Waals surface area (Å²) in [6, 6.07) is 9.65. The van der Waals surface area contributed by atoms with Gasteiger partial charge in [0.25, 0.3) is 0 Å². The summed E-state index contributed by atoms with van der Waals surface area (Å²) in [5.74, 6) is -0.235. The molecule has 0 spiro atoms. The second kappa shape index (κ2) is 11.7. The maximum absolute atomic E-state index is 12.7. The number of benzene rings is 1. The van der Waals surface area contributed by atoms with Gasteiger partial charge < -0.3 is 16.0 Å². The van der Waals surface area contributed by atoms with Crippen LogP contribution in [0.1, 0.15) is 45.7 Å². The molecule has 0 saturated carbocycles. The van der Waals surface area contributed by atoms with Gasteiger partial charge >= 0.3 is 0 Å². The summed E-state index contributed by atoms with van der Waals surface area (Å²) in [6.07, 6.45) is 0.926. The van der Waals surface area contributed by atoms with E-state index in [0.717, 1.165) is 18.5 Å². The zero-order valence-corrected chi connectivity index (χ0v) is 17.9. The number of nitrogens with two attached hydrogens (primary N) is 1. The fourth-order valence-electron chi connectivity index (χ4n) is 2.54. The third-order valence-corrected chi connectivity index (χ3v) is 4.36. The van der Waals surface area contributed by atoms with Gasteiger partial charge in [-0.1, -0.05) is 58.0 Å². The first kappa shape index (κ1) is 26.4. The normalized spacial score (nSPS) is 14.7.